The van der Waals surface area contributed by atoms with E-state index in [-0.39, 0.29) is 53.2 Å². The number of anilines is 1. The molecular formula is C34H30F6N6O4S. The highest BCUT2D eigenvalue weighted by Crippen LogP contribution is 2.48. The summed E-state index contributed by atoms with van der Waals surface area (Å²) < 4.78 is 103. The fraction of sp³-hybridized carbons (Fsp3) is 0.412. The van der Waals surface area contributed by atoms with Crippen LogP contribution in [0.3, 0.4) is 0 Å². The van der Waals surface area contributed by atoms with Gasteiger partial charge in [-0.1, -0.05) is 12.6 Å². The van der Waals surface area contributed by atoms with Gasteiger partial charge in [-0.05, 0) is 43.2 Å². The van der Waals surface area contributed by atoms with Crippen LogP contribution in [0.2, 0.25) is 0 Å². The molecule has 10 nitrogen and oxygen atoms in total. The van der Waals surface area contributed by atoms with E-state index in [9.17, 15) is 37.1 Å². The number of amides is 1. The second-order valence-corrected chi connectivity index (χ2v) is 13.9. The van der Waals surface area contributed by atoms with Crippen LogP contribution in [-0.4, -0.2) is 87.5 Å². The third kappa shape index (κ3) is 5.78. The first-order valence-electron chi connectivity index (χ1n) is 16.0. The quantitative estimate of drug-likeness (QED) is 0.172. The van der Waals surface area contributed by atoms with Gasteiger partial charge in [-0.25, -0.2) is 13.2 Å². The van der Waals surface area contributed by atoms with Crippen LogP contribution in [0.15, 0.2) is 30.9 Å². The number of fused-ring (bicyclic) bond motifs is 3. The number of nitriles is 1. The minimum absolute atomic E-state index is 0.101. The predicted octanol–water partition coefficient (Wildman–Crippen LogP) is 5.74. The number of carbonyl (C=O) groups is 1. The van der Waals surface area contributed by atoms with Crippen molar-refractivity contribution in [2.24, 2.45) is 0 Å². The van der Waals surface area contributed by atoms with Crippen molar-refractivity contribution >= 4 is 43.2 Å². The number of thiophene rings is 1. The van der Waals surface area contributed by atoms with Gasteiger partial charge in [-0.15, -0.1) is 11.3 Å². The van der Waals surface area contributed by atoms with Crippen LogP contribution in [0.25, 0.3) is 32.1 Å². The summed E-state index contributed by atoms with van der Waals surface area (Å²) in [6.45, 7) is 3.75. The van der Waals surface area contributed by atoms with Gasteiger partial charge in [0.05, 0.1) is 39.4 Å². The van der Waals surface area contributed by atoms with Gasteiger partial charge in [0.1, 0.15) is 41.3 Å². The second-order valence-electron chi connectivity index (χ2n) is 12.9. The molecule has 3 fully saturated rings. The summed E-state index contributed by atoms with van der Waals surface area (Å²) in [6, 6.07) is 2.77. The number of halogens is 6. The molecule has 0 unspecified atom stereocenters. The maximum Gasteiger partial charge on any atom is 0.417 e. The summed E-state index contributed by atoms with van der Waals surface area (Å²) in [5.41, 5.74) is 1.32. The average molecular weight is 733 g/mol. The SMILES string of the molecule is C=CC(=O)N1CC[C@@H](Oc2nc(OC[C@@]34CCCN3C[C@H](F)C4)nc3c(F)c(-c4ccc(F)c5sc(N)c(C#N)c45)c(C(F)(F)F)cc23)[C@H]1CO. The third-order valence-electron chi connectivity index (χ3n) is 10.0. The Labute approximate surface area is 290 Å². The van der Waals surface area contributed by atoms with E-state index in [0.717, 1.165) is 24.6 Å². The molecule has 4 aromatic rings. The lowest BCUT2D eigenvalue weighted by Crippen LogP contribution is -2.43. The number of carbonyl (C=O) groups excluding carboxylic acids is 1. The normalized spacial score (nSPS) is 23.6. The Morgan fingerprint density at radius 1 is 1.27 bits per heavy atom. The zero-order chi connectivity index (χ0) is 36.4. The Morgan fingerprint density at radius 2 is 2.06 bits per heavy atom. The zero-order valence-electron chi connectivity index (χ0n) is 26.8. The van der Waals surface area contributed by atoms with E-state index in [1.807, 2.05) is 4.90 Å². The van der Waals surface area contributed by atoms with Crippen molar-refractivity contribution in [3.8, 4) is 29.1 Å². The molecule has 3 saturated heterocycles. The second kappa shape index (κ2) is 12.8. The van der Waals surface area contributed by atoms with Gasteiger partial charge in [-0.2, -0.15) is 28.4 Å². The van der Waals surface area contributed by atoms with Crippen LogP contribution in [0.4, 0.5) is 31.3 Å². The summed E-state index contributed by atoms with van der Waals surface area (Å²) in [7, 11) is 0. The van der Waals surface area contributed by atoms with Crippen molar-refractivity contribution in [2.75, 3.05) is 38.6 Å². The number of aliphatic hydroxyl groups excluding tert-OH is 1. The lowest BCUT2D eigenvalue weighted by molar-refractivity contribution is -0.137. The molecule has 7 rings (SSSR count). The van der Waals surface area contributed by atoms with Crippen molar-refractivity contribution in [2.45, 2.75) is 55.7 Å². The van der Waals surface area contributed by atoms with Gasteiger partial charge >= 0.3 is 12.2 Å². The van der Waals surface area contributed by atoms with Crippen molar-refractivity contribution in [1.82, 2.24) is 19.8 Å². The summed E-state index contributed by atoms with van der Waals surface area (Å²) in [4.78, 5) is 24.1. The summed E-state index contributed by atoms with van der Waals surface area (Å²) in [6.07, 6.45) is -4.53. The third-order valence-corrected chi connectivity index (χ3v) is 11.0. The molecule has 3 aliphatic heterocycles. The van der Waals surface area contributed by atoms with Gasteiger partial charge in [0.15, 0.2) is 5.82 Å². The number of rotatable bonds is 8. The number of aromatic nitrogens is 2. The highest BCUT2D eigenvalue weighted by Gasteiger charge is 2.49. The van der Waals surface area contributed by atoms with E-state index in [0.29, 0.717) is 30.4 Å². The Balaban J connectivity index is 1.43. The van der Waals surface area contributed by atoms with Crippen LogP contribution in [0.1, 0.15) is 36.8 Å². The highest BCUT2D eigenvalue weighted by atomic mass is 32.1. The molecule has 5 heterocycles. The lowest BCUT2D eigenvalue weighted by Gasteiger charge is -2.31. The molecule has 0 radical (unpaired) electrons. The molecule has 17 heteroatoms. The molecular weight excluding hydrogens is 702 g/mol. The molecule has 51 heavy (non-hydrogen) atoms. The van der Waals surface area contributed by atoms with E-state index in [1.54, 1.807) is 6.07 Å². The molecule has 0 aliphatic carbocycles. The van der Waals surface area contributed by atoms with E-state index < -0.39 is 93.7 Å². The molecule has 268 valence electrons. The van der Waals surface area contributed by atoms with E-state index >= 15 is 4.39 Å². The van der Waals surface area contributed by atoms with Gasteiger partial charge in [0.2, 0.25) is 11.8 Å². The molecule has 3 N–H and O–H groups in total. The molecule has 3 aliphatic rings. The lowest BCUT2D eigenvalue weighted by atomic mass is 9.92. The maximum atomic E-state index is 17.0. The number of ether oxygens (including phenoxy) is 2. The molecule has 0 spiro atoms. The van der Waals surface area contributed by atoms with Crippen molar-refractivity contribution < 1.29 is 45.7 Å². The first-order chi connectivity index (χ1) is 24.3. The van der Waals surface area contributed by atoms with Crippen LogP contribution >= 0.6 is 11.3 Å². The summed E-state index contributed by atoms with van der Waals surface area (Å²) in [5.74, 6) is -3.37. The Kier molecular flexibility index (Phi) is 8.75. The number of nitrogens with zero attached hydrogens (tertiary/aromatic N) is 5. The molecule has 4 atom stereocenters. The topological polar surface area (TPSA) is 138 Å². The Bertz CT molecular complexity index is 2120. The fourth-order valence-corrected chi connectivity index (χ4v) is 8.64. The number of nitrogen functional groups attached to an aromatic ring is 1. The Hall–Kier alpha value is -4.66. The van der Waals surface area contributed by atoms with Crippen LogP contribution < -0.4 is 15.2 Å². The standard InChI is InChI=1S/C34H30F6N6O4S/c1-2-24(48)46-9-6-23(22(46)14-47)50-31-18-10-20(34(38,39)40)26(17-4-5-21(36)29-25(17)19(12-41)30(42)51-29)27(37)28(18)43-32(44-31)49-15-33-7-3-8-45(33)13-16(35)11-33/h2,4-5,10,16,22-23,47H,1,3,6-9,11,13-15,42H2/t16-,22-,23-,33+/m1/s1. The minimum Gasteiger partial charge on any atom is -0.471 e. The first kappa shape index (κ1) is 34.8. The van der Waals surface area contributed by atoms with Crippen molar-refractivity contribution in [3.63, 3.8) is 0 Å². The zero-order valence-corrected chi connectivity index (χ0v) is 27.6. The average Bonchev–Trinajstić information content (AvgIpc) is 3.84. The largest absolute Gasteiger partial charge is 0.471 e. The first-order valence-corrected chi connectivity index (χ1v) is 16.9. The van der Waals surface area contributed by atoms with Crippen LogP contribution in [-0.2, 0) is 11.0 Å². The number of hydrogen-bond acceptors (Lipinski definition) is 10. The smallest absolute Gasteiger partial charge is 0.417 e. The monoisotopic (exact) mass is 732 g/mol. The molecule has 2 aromatic heterocycles. The molecule has 0 bridgehead atoms. The van der Waals surface area contributed by atoms with Crippen LogP contribution in [0.5, 0.6) is 11.9 Å². The fourth-order valence-electron chi connectivity index (χ4n) is 7.69. The molecule has 2 aromatic carbocycles. The number of benzene rings is 2. The highest BCUT2D eigenvalue weighted by molar-refractivity contribution is 7.23. The van der Waals surface area contributed by atoms with Crippen molar-refractivity contribution in [1.29, 1.82) is 5.26 Å². The number of alkyl halides is 4. The predicted molar refractivity (Wildman–Crippen MR) is 175 cm³/mol. The van der Waals surface area contributed by atoms with Gasteiger partial charge in [0, 0.05) is 36.9 Å². The van der Waals surface area contributed by atoms with E-state index in [1.165, 1.54) is 4.90 Å². The van der Waals surface area contributed by atoms with Crippen molar-refractivity contribution in [3.05, 3.63) is 53.6 Å². The number of likely N-dealkylation sites (tertiary alicyclic amines) is 1. The van der Waals surface area contributed by atoms with Crippen LogP contribution in [0, 0.1) is 23.0 Å². The maximum absolute atomic E-state index is 17.0. The molecule has 1 amide bonds. The van der Waals surface area contributed by atoms with Gasteiger partial charge < -0.3 is 25.2 Å². The van der Waals surface area contributed by atoms with E-state index in [4.69, 9.17) is 15.2 Å². The molecule has 0 saturated carbocycles. The van der Waals surface area contributed by atoms with E-state index in [2.05, 4.69) is 16.5 Å². The number of aliphatic hydroxyl groups is 1. The summed E-state index contributed by atoms with van der Waals surface area (Å²) in [5, 5.41) is 19.0. The minimum atomic E-state index is -5.20. The number of nitrogens with two attached hydrogens (primary N) is 1. The summed E-state index contributed by atoms with van der Waals surface area (Å²) >= 11 is 0.642. The Morgan fingerprint density at radius 3 is 2.76 bits per heavy atom. The number of hydrogen-bond donors (Lipinski definition) is 2. The van der Waals surface area contributed by atoms with Gasteiger partial charge in [0.25, 0.3) is 0 Å². The van der Waals surface area contributed by atoms with Gasteiger partial charge in [-0.3, -0.25) is 9.69 Å².